The zero-order valence-electron chi connectivity index (χ0n) is 15.0. The molecule has 6 atom stereocenters. The van der Waals surface area contributed by atoms with Gasteiger partial charge in [-0.25, -0.2) is 0 Å². The number of hydrogen-bond acceptors (Lipinski definition) is 3. The van der Waals surface area contributed by atoms with Gasteiger partial charge in [0.2, 0.25) is 17.7 Å². The molecule has 1 aromatic carbocycles. The van der Waals surface area contributed by atoms with Gasteiger partial charge in [-0.2, -0.15) is 13.2 Å². The lowest BCUT2D eigenvalue weighted by Gasteiger charge is -2.28. The molecule has 29 heavy (non-hydrogen) atoms. The van der Waals surface area contributed by atoms with Crippen molar-refractivity contribution in [2.75, 3.05) is 11.9 Å². The lowest BCUT2D eigenvalue weighted by atomic mass is 9.81. The number of carbonyl (C=O) groups is 3. The SMILES string of the molecule is O=C(CCN1C(=O)C2C3CC(C(Br)C3Br)C2C1=O)Nc1ccccc1C(F)(F)F. The van der Waals surface area contributed by atoms with Gasteiger partial charge in [0.05, 0.1) is 23.1 Å². The highest BCUT2D eigenvalue weighted by atomic mass is 79.9. The molecular formula is C19H17Br2F3N2O3. The first-order chi connectivity index (χ1) is 13.6. The number of alkyl halides is 5. The summed E-state index contributed by atoms with van der Waals surface area (Å²) >= 11 is 7.20. The molecule has 156 valence electrons. The van der Waals surface area contributed by atoms with Crippen molar-refractivity contribution >= 4 is 55.3 Å². The Balaban J connectivity index is 1.41. The van der Waals surface area contributed by atoms with Gasteiger partial charge >= 0.3 is 6.18 Å². The Kier molecular flexibility index (Phi) is 5.30. The largest absolute Gasteiger partial charge is 0.418 e. The Morgan fingerprint density at radius 3 is 2.17 bits per heavy atom. The molecule has 1 saturated heterocycles. The normalized spacial score (nSPS) is 33.3. The zero-order valence-corrected chi connectivity index (χ0v) is 18.1. The van der Waals surface area contributed by atoms with Crippen LogP contribution in [0.4, 0.5) is 18.9 Å². The van der Waals surface area contributed by atoms with E-state index in [0.717, 1.165) is 17.4 Å². The van der Waals surface area contributed by atoms with Crippen molar-refractivity contribution in [3.8, 4) is 0 Å². The predicted octanol–water partition coefficient (Wildman–Crippen LogP) is 3.81. The number of carbonyl (C=O) groups excluding carboxylic acids is 3. The molecule has 0 spiro atoms. The predicted molar refractivity (Wildman–Crippen MR) is 105 cm³/mol. The summed E-state index contributed by atoms with van der Waals surface area (Å²) in [5.41, 5.74) is -1.29. The number of fused-ring (bicyclic) bond motifs is 5. The van der Waals surface area contributed by atoms with Gasteiger partial charge in [-0.1, -0.05) is 44.0 Å². The van der Waals surface area contributed by atoms with Gasteiger partial charge < -0.3 is 5.32 Å². The van der Waals surface area contributed by atoms with Gasteiger partial charge in [-0.15, -0.1) is 0 Å². The summed E-state index contributed by atoms with van der Waals surface area (Å²) in [5.74, 6) is -1.84. The summed E-state index contributed by atoms with van der Waals surface area (Å²) in [6, 6.07) is 4.68. The van der Waals surface area contributed by atoms with Gasteiger partial charge in [0, 0.05) is 22.6 Å². The van der Waals surface area contributed by atoms with Crippen LogP contribution in [-0.2, 0) is 20.6 Å². The Morgan fingerprint density at radius 2 is 1.62 bits per heavy atom. The first-order valence-electron chi connectivity index (χ1n) is 9.20. The van der Waals surface area contributed by atoms with E-state index in [1.165, 1.54) is 18.2 Å². The van der Waals surface area contributed by atoms with E-state index < -0.39 is 17.6 Å². The van der Waals surface area contributed by atoms with Crippen molar-refractivity contribution in [1.82, 2.24) is 4.90 Å². The third kappa shape index (κ3) is 3.41. The van der Waals surface area contributed by atoms with E-state index in [1.54, 1.807) is 0 Å². The molecule has 0 aromatic heterocycles. The number of benzene rings is 1. The fourth-order valence-corrected chi connectivity index (χ4v) is 6.77. The van der Waals surface area contributed by atoms with Crippen LogP contribution >= 0.6 is 31.9 Å². The first kappa shape index (κ1) is 20.8. The number of nitrogens with one attached hydrogen (secondary N) is 1. The second kappa shape index (κ2) is 7.37. The molecule has 1 N–H and O–H groups in total. The lowest BCUT2D eigenvalue weighted by Crippen LogP contribution is -2.37. The van der Waals surface area contributed by atoms with Gasteiger partial charge in [0.15, 0.2) is 0 Å². The number of nitrogens with zero attached hydrogens (tertiary/aromatic N) is 1. The number of para-hydroxylation sites is 1. The smallest absolute Gasteiger partial charge is 0.325 e. The minimum Gasteiger partial charge on any atom is -0.325 e. The highest BCUT2D eigenvalue weighted by Gasteiger charge is 2.66. The molecular weight excluding hydrogens is 521 g/mol. The van der Waals surface area contributed by atoms with Crippen molar-refractivity contribution < 1.29 is 27.6 Å². The van der Waals surface area contributed by atoms with Crippen LogP contribution in [0.2, 0.25) is 0 Å². The van der Waals surface area contributed by atoms with Crippen LogP contribution in [0.15, 0.2) is 24.3 Å². The van der Waals surface area contributed by atoms with Crippen LogP contribution in [0.3, 0.4) is 0 Å². The van der Waals surface area contributed by atoms with Crippen molar-refractivity contribution in [3.63, 3.8) is 0 Å². The molecule has 2 bridgehead atoms. The molecule has 4 rings (SSSR count). The third-order valence-electron chi connectivity index (χ3n) is 6.15. The zero-order chi connectivity index (χ0) is 21.1. The molecule has 1 aliphatic heterocycles. The number of likely N-dealkylation sites (tertiary alicyclic amines) is 1. The second-order valence-electron chi connectivity index (χ2n) is 7.67. The Bertz CT molecular complexity index is 847. The summed E-state index contributed by atoms with van der Waals surface area (Å²) in [5, 5.41) is 2.24. The van der Waals surface area contributed by atoms with E-state index in [9.17, 15) is 27.6 Å². The van der Waals surface area contributed by atoms with Crippen molar-refractivity contribution in [2.45, 2.75) is 28.7 Å². The number of anilines is 1. The van der Waals surface area contributed by atoms with Crippen LogP contribution in [0.5, 0.6) is 0 Å². The minimum atomic E-state index is -4.60. The van der Waals surface area contributed by atoms with Crippen LogP contribution in [-0.4, -0.2) is 38.8 Å². The van der Waals surface area contributed by atoms with Crippen molar-refractivity contribution in [3.05, 3.63) is 29.8 Å². The molecule has 3 amide bonds. The van der Waals surface area contributed by atoms with E-state index in [-0.39, 0.29) is 63.8 Å². The van der Waals surface area contributed by atoms with Crippen molar-refractivity contribution in [1.29, 1.82) is 0 Å². The molecule has 10 heteroatoms. The number of hydrogen-bond donors (Lipinski definition) is 1. The molecule has 1 heterocycles. The van der Waals surface area contributed by atoms with Gasteiger partial charge in [-0.3, -0.25) is 19.3 Å². The lowest BCUT2D eigenvalue weighted by molar-refractivity contribution is -0.141. The monoisotopic (exact) mass is 536 g/mol. The number of amides is 3. The van der Waals surface area contributed by atoms with Gasteiger partial charge in [0.25, 0.3) is 0 Å². The number of halogens is 5. The summed E-state index contributed by atoms with van der Waals surface area (Å²) in [6.45, 7) is -0.135. The van der Waals surface area contributed by atoms with Crippen LogP contribution < -0.4 is 5.32 Å². The Hall–Kier alpha value is -1.42. The number of rotatable bonds is 4. The third-order valence-corrected chi connectivity index (χ3v) is 9.35. The summed E-state index contributed by atoms with van der Waals surface area (Å²) in [7, 11) is 0. The molecule has 6 unspecified atom stereocenters. The first-order valence-corrected chi connectivity index (χ1v) is 11.0. The molecule has 3 fully saturated rings. The Morgan fingerprint density at radius 1 is 1.07 bits per heavy atom. The molecule has 3 aliphatic rings. The van der Waals surface area contributed by atoms with Crippen LogP contribution in [0.1, 0.15) is 18.4 Å². The topological polar surface area (TPSA) is 66.5 Å². The van der Waals surface area contributed by atoms with Crippen LogP contribution in [0, 0.1) is 23.7 Å². The van der Waals surface area contributed by atoms with Gasteiger partial charge in [-0.05, 0) is 30.4 Å². The highest BCUT2D eigenvalue weighted by Crippen LogP contribution is 2.60. The van der Waals surface area contributed by atoms with E-state index in [2.05, 4.69) is 37.2 Å². The fraction of sp³-hybridized carbons (Fsp3) is 0.526. The quantitative estimate of drug-likeness (QED) is 0.469. The molecule has 5 nitrogen and oxygen atoms in total. The van der Waals surface area contributed by atoms with Crippen molar-refractivity contribution in [2.24, 2.45) is 23.7 Å². The minimum absolute atomic E-state index is 0.0725. The maximum atomic E-state index is 13.1. The highest BCUT2D eigenvalue weighted by molar-refractivity contribution is 9.12. The molecule has 2 aliphatic carbocycles. The molecule has 1 aromatic rings. The standard InChI is InChI=1S/C19H17Br2F3N2O3/c20-15-8-7-9(16(15)21)14-13(8)17(28)26(18(14)29)6-5-12(27)25-11-4-2-1-3-10(11)19(22,23)24/h1-4,8-9,13-16H,5-7H2,(H,25,27). The Labute approximate surface area is 181 Å². The van der Waals surface area contributed by atoms with Gasteiger partial charge in [0.1, 0.15) is 0 Å². The number of imide groups is 1. The maximum Gasteiger partial charge on any atom is 0.418 e. The summed E-state index contributed by atoms with van der Waals surface area (Å²) in [4.78, 5) is 39.1. The second-order valence-corrected chi connectivity index (χ2v) is 9.79. The summed E-state index contributed by atoms with van der Waals surface area (Å²) in [6.07, 6.45) is -4.05. The fourth-order valence-electron chi connectivity index (χ4n) is 4.90. The average Bonchev–Trinajstić information content (AvgIpc) is 3.25. The van der Waals surface area contributed by atoms with Crippen LogP contribution in [0.25, 0.3) is 0 Å². The van der Waals surface area contributed by atoms with E-state index >= 15 is 0 Å². The average molecular weight is 538 g/mol. The molecule has 2 saturated carbocycles. The maximum absolute atomic E-state index is 13.1. The van der Waals surface area contributed by atoms with E-state index in [1.807, 2.05) is 0 Å². The molecule has 0 radical (unpaired) electrons. The van der Waals surface area contributed by atoms with E-state index in [4.69, 9.17) is 0 Å². The summed E-state index contributed by atoms with van der Waals surface area (Å²) < 4.78 is 39.2. The van der Waals surface area contributed by atoms with E-state index in [0.29, 0.717) is 0 Å².